The molecule has 1 amide bonds. The quantitative estimate of drug-likeness (QED) is 0.457. The summed E-state index contributed by atoms with van der Waals surface area (Å²) >= 11 is 0. The van der Waals surface area contributed by atoms with Crippen LogP contribution < -0.4 is 5.32 Å². The zero-order valence-electron chi connectivity index (χ0n) is 17.1. The van der Waals surface area contributed by atoms with Gasteiger partial charge in [-0.2, -0.15) is 5.10 Å². The number of furan rings is 1. The standard InChI is InChI=1S/C21H23N5O5/c1-15-2-7-20(31-15)19(24-8-10-30-11-9-24)13-22-21(27)16-12-23-25(14-16)17-3-5-18(6-4-17)26(28)29/h2-7,12,14,19H,8-11,13H2,1H3,(H,22,27). The summed E-state index contributed by atoms with van der Waals surface area (Å²) in [6.07, 6.45) is 3.06. The number of amides is 1. The Labute approximate surface area is 178 Å². The highest BCUT2D eigenvalue weighted by Crippen LogP contribution is 2.23. The Morgan fingerprint density at radius 1 is 1.23 bits per heavy atom. The van der Waals surface area contributed by atoms with E-state index in [2.05, 4.69) is 15.3 Å². The number of nitrogens with one attached hydrogen (secondary N) is 1. The van der Waals surface area contributed by atoms with Crippen LogP contribution in [-0.2, 0) is 4.74 Å². The zero-order valence-corrected chi connectivity index (χ0v) is 17.1. The average Bonchev–Trinajstić information content (AvgIpc) is 3.44. The molecule has 4 rings (SSSR count). The number of rotatable bonds is 7. The molecule has 2 aromatic heterocycles. The van der Waals surface area contributed by atoms with E-state index in [-0.39, 0.29) is 17.6 Å². The zero-order chi connectivity index (χ0) is 21.8. The van der Waals surface area contributed by atoms with Crippen molar-refractivity contribution in [3.63, 3.8) is 0 Å². The first-order valence-electron chi connectivity index (χ1n) is 9.97. The minimum absolute atomic E-state index is 0.00353. The predicted octanol–water partition coefficient (Wildman–Crippen LogP) is 2.49. The second-order valence-corrected chi connectivity index (χ2v) is 7.27. The van der Waals surface area contributed by atoms with Crippen LogP contribution in [0.4, 0.5) is 5.69 Å². The molecule has 162 valence electrons. The SMILES string of the molecule is Cc1ccc(C(CNC(=O)c2cnn(-c3ccc([N+](=O)[O-])cc3)c2)N2CCOCC2)o1. The van der Waals surface area contributed by atoms with Gasteiger partial charge in [0.2, 0.25) is 0 Å². The first-order chi connectivity index (χ1) is 15.0. The number of morpholine rings is 1. The Morgan fingerprint density at radius 3 is 2.61 bits per heavy atom. The molecule has 1 N–H and O–H groups in total. The second-order valence-electron chi connectivity index (χ2n) is 7.27. The van der Waals surface area contributed by atoms with E-state index >= 15 is 0 Å². The molecule has 0 radical (unpaired) electrons. The van der Waals surface area contributed by atoms with Crippen molar-refractivity contribution in [1.82, 2.24) is 20.0 Å². The fourth-order valence-corrected chi connectivity index (χ4v) is 3.53. The van der Waals surface area contributed by atoms with Gasteiger partial charge >= 0.3 is 0 Å². The molecule has 1 fully saturated rings. The Kier molecular flexibility index (Phi) is 6.10. The van der Waals surface area contributed by atoms with Gasteiger partial charge in [-0.1, -0.05) is 0 Å². The summed E-state index contributed by atoms with van der Waals surface area (Å²) in [7, 11) is 0. The van der Waals surface area contributed by atoms with E-state index in [1.54, 1.807) is 18.3 Å². The summed E-state index contributed by atoms with van der Waals surface area (Å²) < 4.78 is 12.8. The molecule has 1 aliphatic rings. The lowest BCUT2D eigenvalue weighted by Gasteiger charge is -2.33. The molecule has 0 bridgehead atoms. The lowest BCUT2D eigenvalue weighted by atomic mass is 10.1. The van der Waals surface area contributed by atoms with Crippen LogP contribution in [0.25, 0.3) is 5.69 Å². The molecule has 1 atom stereocenters. The van der Waals surface area contributed by atoms with Crippen molar-refractivity contribution in [2.24, 2.45) is 0 Å². The van der Waals surface area contributed by atoms with Crippen LogP contribution in [-0.4, -0.2) is 58.4 Å². The molecule has 3 aromatic rings. The Hall–Kier alpha value is -3.50. The lowest BCUT2D eigenvalue weighted by molar-refractivity contribution is -0.384. The molecule has 10 nitrogen and oxygen atoms in total. The summed E-state index contributed by atoms with van der Waals surface area (Å²) in [4.78, 5) is 25.3. The molecule has 1 saturated heterocycles. The third-order valence-electron chi connectivity index (χ3n) is 5.20. The third-order valence-corrected chi connectivity index (χ3v) is 5.20. The number of nitro benzene ring substituents is 1. The highest BCUT2D eigenvalue weighted by atomic mass is 16.6. The molecular formula is C21H23N5O5. The highest BCUT2D eigenvalue weighted by molar-refractivity contribution is 5.93. The van der Waals surface area contributed by atoms with Gasteiger partial charge < -0.3 is 14.5 Å². The van der Waals surface area contributed by atoms with Gasteiger partial charge in [0.1, 0.15) is 11.5 Å². The van der Waals surface area contributed by atoms with Gasteiger partial charge in [-0.05, 0) is 31.2 Å². The van der Waals surface area contributed by atoms with Crippen molar-refractivity contribution in [2.45, 2.75) is 13.0 Å². The number of hydrogen-bond donors (Lipinski definition) is 1. The first kappa shape index (κ1) is 20.8. The van der Waals surface area contributed by atoms with Crippen molar-refractivity contribution in [3.05, 3.63) is 76.0 Å². The number of hydrogen-bond acceptors (Lipinski definition) is 7. The number of carbonyl (C=O) groups excluding carboxylic acids is 1. The van der Waals surface area contributed by atoms with Crippen LogP contribution in [0.2, 0.25) is 0 Å². The second kappa shape index (κ2) is 9.11. The van der Waals surface area contributed by atoms with Crippen LogP contribution >= 0.6 is 0 Å². The molecule has 1 unspecified atom stereocenters. The predicted molar refractivity (Wildman–Crippen MR) is 111 cm³/mol. The van der Waals surface area contributed by atoms with E-state index in [0.717, 1.165) is 24.6 Å². The van der Waals surface area contributed by atoms with Gasteiger partial charge in [-0.25, -0.2) is 4.68 Å². The summed E-state index contributed by atoms with van der Waals surface area (Å²) in [5.41, 5.74) is 1.02. The minimum Gasteiger partial charge on any atom is -0.465 e. The minimum atomic E-state index is -0.461. The number of aryl methyl sites for hydroxylation is 1. The molecule has 0 saturated carbocycles. The maximum Gasteiger partial charge on any atom is 0.269 e. The summed E-state index contributed by atoms with van der Waals surface area (Å²) in [5, 5.41) is 18.0. The van der Waals surface area contributed by atoms with E-state index < -0.39 is 4.92 Å². The summed E-state index contributed by atoms with van der Waals surface area (Å²) in [6.45, 7) is 5.09. The number of ether oxygens (including phenoxy) is 1. The largest absolute Gasteiger partial charge is 0.465 e. The van der Waals surface area contributed by atoms with Gasteiger partial charge in [0.15, 0.2) is 0 Å². The first-order valence-corrected chi connectivity index (χ1v) is 9.97. The van der Waals surface area contributed by atoms with E-state index in [9.17, 15) is 14.9 Å². The van der Waals surface area contributed by atoms with E-state index in [0.29, 0.717) is 31.0 Å². The number of carbonyl (C=O) groups is 1. The summed E-state index contributed by atoms with van der Waals surface area (Å²) in [5.74, 6) is 1.37. The number of non-ortho nitro benzene ring substituents is 1. The fourth-order valence-electron chi connectivity index (χ4n) is 3.53. The topological polar surface area (TPSA) is 116 Å². The molecule has 1 aromatic carbocycles. The van der Waals surface area contributed by atoms with Gasteiger partial charge in [-0.3, -0.25) is 19.8 Å². The lowest BCUT2D eigenvalue weighted by Crippen LogP contribution is -2.43. The molecule has 10 heteroatoms. The normalized spacial score (nSPS) is 15.5. The van der Waals surface area contributed by atoms with Gasteiger partial charge in [0.25, 0.3) is 11.6 Å². The Bertz CT molecular complexity index is 1050. The average molecular weight is 425 g/mol. The van der Waals surface area contributed by atoms with Crippen LogP contribution in [0.3, 0.4) is 0 Å². The maximum absolute atomic E-state index is 12.7. The number of nitrogens with zero attached hydrogens (tertiary/aromatic N) is 4. The molecule has 1 aliphatic heterocycles. The molecule has 3 heterocycles. The van der Waals surface area contributed by atoms with Crippen LogP contribution in [0.15, 0.2) is 53.2 Å². The van der Waals surface area contributed by atoms with E-state index in [1.165, 1.54) is 23.0 Å². The van der Waals surface area contributed by atoms with Crippen molar-refractivity contribution >= 4 is 11.6 Å². The molecule has 31 heavy (non-hydrogen) atoms. The van der Waals surface area contributed by atoms with E-state index in [1.807, 2.05) is 19.1 Å². The van der Waals surface area contributed by atoms with Crippen molar-refractivity contribution < 1.29 is 18.9 Å². The van der Waals surface area contributed by atoms with Crippen LogP contribution in [0, 0.1) is 17.0 Å². The monoisotopic (exact) mass is 425 g/mol. The summed E-state index contributed by atoms with van der Waals surface area (Å²) in [6, 6.07) is 9.73. The molecule has 0 aliphatic carbocycles. The van der Waals surface area contributed by atoms with Crippen molar-refractivity contribution in [2.75, 3.05) is 32.8 Å². The van der Waals surface area contributed by atoms with E-state index in [4.69, 9.17) is 9.15 Å². The highest BCUT2D eigenvalue weighted by Gasteiger charge is 2.26. The number of benzene rings is 1. The Balaban J connectivity index is 1.44. The van der Waals surface area contributed by atoms with Gasteiger partial charge in [0, 0.05) is 38.0 Å². The smallest absolute Gasteiger partial charge is 0.269 e. The fraction of sp³-hybridized carbons (Fsp3) is 0.333. The third kappa shape index (κ3) is 4.81. The van der Waals surface area contributed by atoms with Gasteiger partial charge in [-0.15, -0.1) is 0 Å². The van der Waals surface area contributed by atoms with Gasteiger partial charge in [0.05, 0.1) is 41.6 Å². The number of aromatic nitrogens is 2. The van der Waals surface area contributed by atoms with Crippen LogP contribution in [0.1, 0.15) is 27.9 Å². The van der Waals surface area contributed by atoms with Crippen molar-refractivity contribution in [1.29, 1.82) is 0 Å². The molecule has 0 spiro atoms. The van der Waals surface area contributed by atoms with Crippen LogP contribution in [0.5, 0.6) is 0 Å². The number of nitro groups is 1. The maximum atomic E-state index is 12.7. The molecular weight excluding hydrogens is 402 g/mol. The van der Waals surface area contributed by atoms with Crippen molar-refractivity contribution in [3.8, 4) is 5.69 Å². The Morgan fingerprint density at radius 2 is 1.97 bits per heavy atom.